The summed E-state index contributed by atoms with van der Waals surface area (Å²) < 4.78 is 10.6. The third-order valence-electron chi connectivity index (χ3n) is 4.24. The van der Waals surface area contributed by atoms with Crippen LogP contribution in [0.1, 0.15) is 11.6 Å². The number of benzene rings is 2. The van der Waals surface area contributed by atoms with Gasteiger partial charge in [-0.15, -0.1) is 0 Å². The SMILES string of the molecule is COC(=O)C1=C(C(=O)OC)N(c2ccc(Br)cc2)C(=O)NC1c1ccccc1. The van der Waals surface area contributed by atoms with Crippen LogP contribution < -0.4 is 10.2 Å². The fourth-order valence-electron chi connectivity index (χ4n) is 2.97. The first-order chi connectivity index (χ1) is 13.5. The Bertz CT molecular complexity index is 941. The Labute approximate surface area is 170 Å². The average Bonchev–Trinajstić information content (AvgIpc) is 2.73. The molecule has 0 radical (unpaired) electrons. The minimum Gasteiger partial charge on any atom is -0.466 e. The van der Waals surface area contributed by atoms with Crippen LogP contribution in [0, 0.1) is 0 Å². The standard InChI is InChI=1S/C20H17BrN2O5/c1-27-18(24)15-16(12-6-4-3-5-7-12)22-20(26)23(17(15)19(25)28-2)14-10-8-13(21)9-11-14/h3-11,16H,1-2H3,(H,22,26). The lowest BCUT2D eigenvalue weighted by Crippen LogP contribution is -2.50. The first kappa shape index (κ1) is 19.6. The van der Waals surface area contributed by atoms with Crippen molar-refractivity contribution < 1.29 is 23.9 Å². The molecule has 1 unspecified atom stereocenters. The minimum atomic E-state index is -0.859. The molecule has 7 nitrogen and oxygen atoms in total. The largest absolute Gasteiger partial charge is 0.466 e. The second kappa shape index (κ2) is 8.26. The second-order valence-corrected chi connectivity index (χ2v) is 6.77. The highest BCUT2D eigenvalue weighted by molar-refractivity contribution is 9.10. The first-order valence-corrected chi connectivity index (χ1v) is 9.09. The molecule has 0 saturated heterocycles. The third-order valence-corrected chi connectivity index (χ3v) is 4.77. The number of esters is 2. The summed E-state index contributed by atoms with van der Waals surface area (Å²) >= 11 is 3.33. The summed E-state index contributed by atoms with van der Waals surface area (Å²) in [6.45, 7) is 0. The zero-order chi connectivity index (χ0) is 20.3. The number of nitrogens with one attached hydrogen (secondary N) is 1. The van der Waals surface area contributed by atoms with Crippen molar-refractivity contribution >= 4 is 39.6 Å². The van der Waals surface area contributed by atoms with Crippen LogP contribution in [0.3, 0.4) is 0 Å². The number of amides is 2. The maximum absolute atomic E-state index is 13.0. The zero-order valence-corrected chi connectivity index (χ0v) is 16.7. The quantitative estimate of drug-likeness (QED) is 0.731. The van der Waals surface area contributed by atoms with Crippen LogP contribution in [0.25, 0.3) is 0 Å². The Balaban J connectivity index is 2.26. The molecule has 0 aromatic heterocycles. The molecule has 0 bridgehead atoms. The van der Waals surface area contributed by atoms with Crippen molar-refractivity contribution in [2.24, 2.45) is 0 Å². The highest BCUT2D eigenvalue weighted by Crippen LogP contribution is 2.35. The van der Waals surface area contributed by atoms with Crippen LogP contribution in [-0.4, -0.2) is 32.2 Å². The number of methoxy groups -OCH3 is 2. The molecular weight excluding hydrogens is 428 g/mol. The number of ether oxygens (including phenoxy) is 2. The average molecular weight is 445 g/mol. The predicted molar refractivity (Wildman–Crippen MR) is 105 cm³/mol. The van der Waals surface area contributed by atoms with E-state index < -0.39 is 24.0 Å². The molecule has 1 N–H and O–H groups in total. The number of nitrogens with zero attached hydrogens (tertiary/aromatic N) is 1. The number of carbonyl (C=O) groups is 3. The van der Waals surface area contributed by atoms with Crippen molar-refractivity contribution in [1.29, 1.82) is 0 Å². The van der Waals surface area contributed by atoms with Gasteiger partial charge in [-0.1, -0.05) is 46.3 Å². The minimum absolute atomic E-state index is 0.0110. The van der Waals surface area contributed by atoms with Gasteiger partial charge in [-0.05, 0) is 29.8 Å². The van der Waals surface area contributed by atoms with Gasteiger partial charge in [0, 0.05) is 4.47 Å². The Kier molecular flexibility index (Phi) is 5.79. The smallest absolute Gasteiger partial charge is 0.355 e. The van der Waals surface area contributed by atoms with Crippen LogP contribution in [0.4, 0.5) is 10.5 Å². The zero-order valence-electron chi connectivity index (χ0n) is 15.1. The van der Waals surface area contributed by atoms with Gasteiger partial charge in [-0.2, -0.15) is 0 Å². The molecule has 1 heterocycles. The molecule has 2 aromatic carbocycles. The van der Waals surface area contributed by atoms with E-state index in [1.807, 2.05) is 6.07 Å². The molecule has 1 atom stereocenters. The lowest BCUT2D eigenvalue weighted by atomic mass is 9.94. The van der Waals surface area contributed by atoms with E-state index >= 15 is 0 Å². The summed E-state index contributed by atoms with van der Waals surface area (Å²) in [5.41, 5.74) is 0.833. The Morgan fingerprint density at radius 3 is 2.14 bits per heavy atom. The molecule has 144 valence electrons. The predicted octanol–water partition coefficient (Wildman–Crippen LogP) is 3.32. The molecule has 0 fully saturated rings. The highest BCUT2D eigenvalue weighted by atomic mass is 79.9. The van der Waals surface area contributed by atoms with Crippen molar-refractivity contribution in [3.05, 3.63) is 75.9 Å². The molecule has 8 heteroatoms. The number of rotatable bonds is 4. The van der Waals surface area contributed by atoms with Crippen molar-refractivity contribution in [3.63, 3.8) is 0 Å². The molecule has 2 amide bonds. The molecular formula is C20H17BrN2O5. The Morgan fingerprint density at radius 1 is 0.964 bits per heavy atom. The van der Waals surface area contributed by atoms with Crippen LogP contribution in [0.2, 0.25) is 0 Å². The molecule has 0 spiro atoms. The summed E-state index contributed by atoms with van der Waals surface area (Å²) in [4.78, 5) is 39.4. The number of carbonyl (C=O) groups excluding carboxylic acids is 3. The summed E-state index contributed by atoms with van der Waals surface area (Å²) in [7, 11) is 2.40. The van der Waals surface area contributed by atoms with Crippen molar-refractivity contribution in [2.45, 2.75) is 6.04 Å². The van der Waals surface area contributed by atoms with E-state index in [1.54, 1.807) is 48.5 Å². The van der Waals surface area contributed by atoms with Crippen molar-refractivity contribution in [3.8, 4) is 0 Å². The molecule has 0 saturated carbocycles. The normalized spacial score (nSPS) is 16.5. The fraction of sp³-hybridized carbons (Fsp3) is 0.150. The molecule has 3 rings (SSSR count). The number of urea groups is 1. The van der Waals surface area contributed by atoms with Gasteiger partial charge in [0.05, 0.1) is 31.5 Å². The second-order valence-electron chi connectivity index (χ2n) is 5.85. The molecule has 1 aliphatic rings. The fourth-order valence-corrected chi connectivity index (χ4v) is 3.24. The summed E-state index contributed by atoms with van der Waals surface area (Å²) in [5.74, 6) is -1.56. The number of anilines is 1. The van der Waals surface area contributed by atoms with E-state index in [0.717, 1.165) is 9.37 Å². The lowest BCUT2D eigenvalue weighted by Gasteiger charge is -2.35. The van der Waals surface area contributed by atoms with E-state index in [2.05, 4.69) is 21.2 Å². The van der Waals surface area contributed by atoms with E-state index in [4.69, 9.17) is 9.47 Å². The van der Waals surface area contributed by atoms with Gasteiger partial charge in [0.25, 0.3) is 0 Å². The molecule has 1 aliphatic heterocycles. The lowest BCUT2D eigenvalue weighted by molar-refractivity contribution is -0.139. The van der Waals surface area contributed by atoms with Gasteiger partial charge in [-0.25, -0.2) is 14.4 Å². The van der Waals surface area contributed by atoms with Crippen molar-refractivity contribution in [2.75, 3.05) is 19.1 Å². The number of hydrogen-bond donors (Lipinski definition) is 1. The van der Waals surface area contributed by atoms with Gasteiger partial charge < -0.3 is 14.8 Å². The topological polar surface area (TPSA) is 84.9 Å². The molecule has 28 heavy (non-hydrogen) atoms. The van der Waals surface area contributed by atoms with Crippen molar-refractivity contribution in [1.82, 2.24) is 5.32 Å². The van der Waals surface area contributed by atoms with E-state index in [0.29, 0.717) is 11.3 Å². The molecule has 2 aromatic rings. The van der Waals surface area contributed by atoms with E-state index in [1.165, 1.54) is 14.2 Å². The van der Waals surface area contributed by atoms with Gasteiger partial charge >= 0.3 is 18.0 Å². The highest BCUT2D eigenvalue weighted by Gasteiger charge is 2.42. The number of hydrogen-bond acceptors (Lipinski definition) is 5. The first-order valence-electron chi connectivity index (χ1n) is 8.29. The maximum Gasteiger partial charge on any atom is 0.355 e. The van der Waals surface area contributed by atoms with Crippen LogP contribution in [0.5, 0.6) is 0 Å². The van der Waals surface area contributed by atoms with Gasteiger partial charge in [0.2, 0.25) is 0 Å². The van der Waals surface area contributed by atoms with Crippen LogP contribution in [0.15, 0.2) is 70.3 Å². The third kappa shape index (κ3) is 3.63. The monoisotopic (exact) mass is 444 g/mol. The molecule has 0 aliphatic carbocycles. The number of halogens is 1. The Hall–Kier alpha value is -3.13. The van der Waals surface area contributed by atoms with Crippen LogP contribution in [-0.2, 0) is 19.1 Å². The van der Waals surface area contributed by atoms with Crippen LogP contribution >= 0.6 is 15.9 Å². The van der Waals surface area contributed by atoms with Gasteiger partial charge in [0.1, 0.15) is 5.70 Å². The van der Waals surface area contributed by atoms with Gasteiger partial charge in [-0.3, -0.25) is 4.90 Å². The summed E-state index contributed by atoms with van der Waals surface area (Å²) in [6, 6.07) is 14.2. The van der Waals surface area contributed by atoms with E-state index in [9.17, 15) is 14.4 Å². The maximum atomic E-state index is 13.0. The summed E-state index contributed by atoms with van der Waals surface area (Å²) in [5, 5.41) is 2.78. The summed E-state index contributed by atoms with van der Waals surface area (Å²) in [6.07, 6.45) is 0. The Morgan fingerprint density at radius 2 is 1.57 bits per heavy atom. The van der Waals surface area contributed by atoms with Gasteiger partial charge in [0.15, 0.2) is 0 Å². The van der Waals surface area contributed by atoms with E-state index in [-0.39, 0.29) is 11.3 Å².